The van der Waals surface area contributed by atoms with Gasteiger partial charge in [0.25, 0.3) is 0 Å². The average molecular weight is 108 g/mol. The Balaban J connectivity index is -0.0000000542. The van der Waals surface area contributed by atoms with Gasteiger partial charge in [-0.3, -0.25) is 0 Å². The fourth-order valence-corrected chi connectivity index (χ4v) is 0. The van der Waals surface area contributed by atoms with E-state index in [1.807, 2.05) is 6.92 Å². The molecular weight excluding hydrogens is 100 g/mol. The SMILES string of the molecule is C#N.C#N.C=C=CC. The summed E-state index contributed by atoms with van der Waals surface area (Å²) in [6.07, 6.45) is 1.76. The normalized spacial score (nSPS) is 2.62. The van der Waals surface area contributed by atoms with E-state index in [-0.39, 0.29) is 0 Å². The fourth-order valence-electron chi connectivity index (χ4n) is 0. The van der Waals surface area contributed by atoms with Gasteiger partial charge in [0.1, 0.15) is 0 Å². The average Bonchev–Trinajstić information content (AvgIpc) is 1.96. The Morgan fingerprint density at radius 3 is 1.50 bits per heavy atom. The molecule has 0 aliphatic rings. The third-order valence-electron chi connectivity index (χ3n) is 0.204. The van der Waals surface area contributed by atoms with Crippen molar-refractivity contribution in [3.63, 3.8) is 0 Å². The van der Waals surface area contributed by atoms with Crippen LogP contribution in [0.3, 0.4) is 0 Å². The Hall–Kier alpha value is -1.50. The van der Waals surface area contributed by atoms with Gasteiger partial charge in [-0.15, -0.1) is 5.73 Å². The molecule has 0 aromatic heterocycles. The molecule has 2 heteroatoms. The molecule has 0 bridgehead atoms. The van der Waals surface area contributed by atoms with Gasteiger partial charge >= 0.3 is 0 Å². The van der Waals surface area contributed by atoms with Gasteiger partial charge in [-0.05, 0) is 13.0 Å². The molecule has 0 aliphatic carbocycles. The molecular formula is C6H8N2. The van der Waals surface area contributed by atoms with Crippen molar-refractivity contribution < 1.29 is 0 Å². The molecule has 0 N–H and O–H groups in total. The molecule has 0 aromatic carbocycles. The highest BCUT2D eigenvalue weighted by atomic mass is 14.2. The van der Waals surface area contributed by atoms with Crippen LogP contribution in [0.4, 0.5) is 0 Å². The van der Waals surface area contributed by atoms with Crippen LogP contribution in [0, 0.1) is 23.7 Å². The maximum Gasteiger partial charge on any atom is 0.0462 e. The van der Waals surface area contributed by atoms with Crippen molar-refractivity contribution in [1.82, 2.24) is 0 Å². The molecule has 0 amide bonds. The van der Waals surface area contributed by atoms with Crippen LogP contribution in [0.25, 0.3) is 0 Å². The van der Waals surface area contributed by atoms with Crippen molar-refractivity contribution in [3.05, 3.63) is 18.4 Å². The molecule has 0 unspecified atom stereocenters. The Kier molecular flexibility index (Phi) is 894. The highest BCUT2D eigenvalue weighted by Gasteiger charge is 1.24. The number of hydrogen-bond acceptors (Lipinski definition) is 2. The van der Waals surface area contributed by atoms with Crippen LogP contribution in [-0.4, -0.2) is 0 Å². The summed E-state index contributed by atoms with van der Waals surface area (Å²) < 4.78 is 0. The molecule has 0 saturated carbocycles. The molecule has 0 saturated heterocycles. The lowest BCUT2D eigenvalue weighted by atomic mass is 10.7. The molecule has 0 atom stereocenters. The summed E-state index contributed by atoms with van der Waals surface area (Å²) in [7, 11) is 0. The van der Waals surface area contributed by atoms with E-state index in [1.54, 1.807) is 6.08 Å². The highest BCUT2D eigenvalue weighted by molar-refractivity contribution is 4.67. The number of nitriles is 2. The number of rotatable bonds is 0. The minimum Gasteiger partial charge on any atom is -0.202 e. The second-order valence-electron chi connectivity index (χ2n) is 0.493. The standard InChI is InChI=1S/C4H6.2CHN/c1-3-4-2;2*1-2/h4H,1H2,2H3;2*1H. The molecule has 8 heavy (non-hydrogen) atoms. The Morgan fingerprint density at radius 1 is 1.38 bits per heavy atom. The summed E-state index contributed by atoms with van der Waals surface area (Å²) in [6.45, 7) is 12.2. The van der Waals surface area contributed by atoms with Gasteiger partial charge < -0.3 is 0 Å². The third kappa shape index (κ3) is 220. The molecule has 2 nitrogen and oxygen atoms in total. The van der Waals surface area contributed by atoms with E-state index in [9.17, 15) is 0 Å². The van der Waals surface area contributed by atoms with Crippen molar-refractivity contribution in [1.29, 1.82) is 10.5 Å². The van der Waals surface area contributed by atoms with E-state index in [4.69, 9.17) is 10.5 Å². The molecule has 0 rings (SSSR count). The van der Waals surface area contributed by atoms with Crippen molar-refractivity contribution in [3.8, 4) is 13.1 Å². The maximum atomic E-state index is 6.50. The first-order chi connectivity index (χ1) is 3.91. The topological polar surface area (TPSA) is 47.6 Å². The van der Waals surface area contributed by atoms with Crippen LogP contribution in [0.1, 0.15) is 6.92 Å². The van der Waals surface area contributed by atoms with Crippen molar-refractivity contribution in [2.75, 3.05) is 0 Å². The largest absolute Gasteiger partial charge is 0.202 e. The first-order valence-electron chi connectivity index (χ1n) is 1.74. The van der Waals surface area contributed by atoms with Crippen LogP contribution in [0.5, 0.6) is 0 Å². The maximum absolute atomic E-state index is 6.50. The minimum absolute atomic E-state index is 1.76. The van der Waals surface area contributed by atoms with E-state index in [0.29, 0.717) is 0 Å². The zero-order valence-corrected chi connectivity index (χ0v) is 4.83. The number of allylic oxidation sites excluding steroid dienone is 1. The lowest BCUT2D eigenvalue weighted by Crippen LogP contribution is -1.15. The monoisotopic (exact) mass is 108 g/mol. The van der Waals surface area contributed by atoms with Crippen LogP contribution < -0.4 is 0 Å². The Labute approximate surface area is 50.0 Å². The molecule has 0 radical (unpaired) electrons. The summed E-state index contributed by atoms with van der Waals surface area (Å²) in [5.41, 5.74) is 2.56. The van der Waals surface area contributed by atoms with E-state index in [0.717, 1.165) is 0 Å². The van der Waals surface area contributed by atoms with E-state index in [2.05, 4.69) is 25.5 Å². The van der Waals surface area contributed by atoms with Crippen LogP contribution in [0.2, 0.25) is 0 Å². The molecule has 0 heterocycles. The van der Waals surface area contributed by atoms with E-state index >= 15 is 0 Å². The summed E-state index contributed by atoms with van der Waals surface area (Å²) in [5, 5.41) is 13.0. The van der Waals surface area contributed by atoms with Crippen LogP contribution >= 0.6 is 0 Å². The van der Waals surface area contributed by atoms with Gasteiger partial charge in [0.2, 0.25) is 0 Å². The zero-order chi connectivity index (χ0) is 7.41. The summed E-state index contributed by atoms with van der Waals surface area (Å²) >= 11 is 0. The number of hydrogen-bond donors (Lipinski definition) is 0. The van der Waals surface area contributed by atoms with Crippen LogP contribution in [0.15, 0.2) is 18.4 Å². The predicted octanol–water partition coefficient (Wildman–Crippen LogP) is 1.63. The Bertz CT molecular complexity index is 87.6. The van der Waals surface area contributed by atoms with Gasteiger partial charge in [-0.1, -0.05) is 6.58 Å². The Morgan fingerprint density at radius 2 is 1.50 bits per heavy atom. The first kappa shape index (κ1) is 16.1. The van der Waals surface area contributed by atoms with Crippen molar-refractivity contribution >= 4 is 0 Å². The van der Waals surface area contributed by atoms with Gasteiger partial charge in [-0.2, -0.15) is 0 Å². The second-order valence-corrected chi connectivity index (χ2v) is 0.493. The zero-order valence-electron chi connectivity index (χ0n) is 4.83. The first-order valence-corrected chi connectivity index (χ1v) is 1.74. The summed E-state index contributed by atoms with van der Waals surface area (Å²) in [5.74, 6) is 0. The van der Waals surface area contributed by atoms with Gasteiger partial charge in [0, 0.05) is 13.1 Å². The van der Waals surface area contributed by atoms with Crippen LogP contribution in [-0.2, 0) is 0 Å². The smallest absolute Gasteiger partial charge is 0.0462 e. The summed E-state index contributed by atoms with van der Waals surface area (Å²) in [4.78, 5) is 0. The molecule has 42 valence electrons. The van der Waals surface area contributed by atoms with Gasteiger partial charge in [0.15, 0.2) is 0 Å². The van der Waals surface area contributed by atoms with E-state index < -0.39 is 0 Å². The molecule has 0 fully saturated rings. The fraction of sp³-hybridized carbons (Fsp3) is 0.167. The van der Waals surface area contributed by atoms with Crippen molar-refractivity contribution in [2.45, 2.75) is 6.92 Å². The van der Waals surface area contributed by atoms with E-state index in [1.165, 1.54) is 0 Å². The molecule has 0 aliphatic heterocycles. The molecule has 0 spiro atoms. The minimum atomic E-state index is 1.76. The lowest BCUT2D eigenvalue weighted by molar-refractivity contribution is 1.58. The van der Waals surface area contributed by atoms with Gasteiger partial charge in [-0.25, -0.2) is 10.5 Å². The lowest BCUT2D eigenvalue weighted by Gasteiger charge is -1.37. The quantitative estimate of drug-likeness (QED) is 0.443. The van der Waals surface area contributed by atoms with Crippen molar-refractivity contribution in [2.24, 2.45) is 0 Å². The second kappa shape index (κ2) is 446. The molecule has 0 aromatic rings. The third-order valence-corrected chi connectivity index (χ3v) is 0.204. The summed E-state index contributed by atoms with van der Waals surface area (Å²) in [6, 6.07) is 0. The number of nitrogens with zero attached hydrogens (tertiary/aromatic N) is 2. The highest BCUT2D eigenvalue weighted by Crippen LogP contribution is 1.46. The predicted molar refractivity (Wildman–Crippen MR) is 32.7 cm³/mol. The van der Waals surface area contributed by atoms with Gasteiger partial charge in [0.05, 0.1) is 0 Å².